The highest BCUT2D eigenvalue weighted by Crippen LogP contribution is 2.37. The van der Waals surface area contributed by atoms with E-state index in [-0.39, 0.29) is 24.2 Å². The molecule has 0 saturated heterocycles. The molecule has 3 nitrogen and oxygen atoms in total. The Morgan fingerprint density at radius 2 is 2.35 bits per heavy atom. The molecule has 92 valence electrons. The van der Waals surface area contributed by atoms with E-state index in [2.05, 4.69) is 0 Å². The Morgan fingerprint density at radius 3 is 3.00 bits per heavy atom. The van der Waals surface area contributed by atoms with Gasteiger partial charge in [0, 0.05) is 11.8 Å². The zero-order valence-electron chi connectivity index (χ0n) is 10.3. The molecule has 0 saturated carbocycles. The first kappa shape index (κ1) is 12.1. The lowest BCUT2D eigenvalue weighted by atomic mass is 9.90. The van der Waals surface area contributed by atoms with Crippen LogP contribution in [0.3, 0.4) is 0 Å². The summed E-state index contributed by atoms with van der Waals surface area (Å²) in [6.07, 6.45) is 1.79. The minimum atomic E-state index is -0.280. The molecule has 0 bridgehead atoms. The summed E-state index contributed by atoms with van der Waals surface area (Å²) in [5, 5.41) is 9.07. The molecular formula is C14H18O3. The maximum Gasteiger partial charge on any atom is 0.145 e. The van der Waals surface area contributed by atoms with Gasteiger partial charge in [0.15, 0.2) is 0 Å². The molecule has 3 heteroatoms. The highest BCUT2D eigenvalue weighted by Gasteiger charge is 2.31. The van der Waals surface area contributed by atoms with Crippen molar-refractivity contribution in [3.63, 3.8) is 0 Å². The minimum absolute atomic E-state index is 0.0674. The van der Waals surface area contributed by atoms with E-state index in [0.29, 0.717) is 0 Å². The van der Waals surface area contributed by atoms with Gasteiger partial charge < -0.3 is 9.84 Å². The molecule has 1 N–H and O–H groups in total. The summed E-state index contributed by atoms with van der Waals surface area (Å²) in [4.78, 5) is 12.1. The van der Waals surface area contributed by atoms with Crippen molar-refractivity contribution in [2.24, 2.45) is 5.92 Å². The van der Waals surface area contributed by atoms with Crippen LogP contribution in [0.25, 0.3) is 0 Å². The van der Waals surface area contributed by atoms with Gasteiger partial charge in [-0.25, -0.2) is 0 Å². The molecule has 0 radical (unpaired) electrons. The largest absolute Gasteiger partial charge is 0.497 e. The van der Waals surface area contributed by atoms with Crippen molar-refractivity contribution in [3.8, 4) is 5.75 Å². The molecule has 0 fully saturated rings. The highest BCUT2D eigenvalue weighted by molar-refractivity contribution is 5.88. The van der Waals surface area contributed by atoms with Crippen LogP contribution in [0.15, 0.2) is 18.2 Å². The van der Waals surface area contributed by atoms with Crippen LogP contribution in [0, 0.1) is 5.92 Å². The molecule has 0 amide bonds. The number of Topliss-reactive ketones (excluding diaryl/α,β-unsaturated/α-hetero) is 1. The van der Waals surface area contributed by atoms with E-state index in [4.69, 9.17) is 9.84 Å². The molecular weight excluding hydrogens is 216 g/mol. The second kappa shape index (κ2) is 4.88. The van der Waals surface area contributed by atoms with Gasteiger partial charge in [-0.2, -0.15) is 0 Å². The monoisotopic (exact) mass is 234 g/mol. The quantitative estimate of drug-likeness (QED) is 0.865. The Balaban J connectivity index is 2.29. The average Bonchev–Trinajstić information content (AvgIpc) is 2.79. The number of rotatable bonds is 4. The molecule has 1 aromatic carbocycles. The van der Waals surface area contributed by atoms with E-state index in [0.717, 1.165) is 24.2 Å². The van der Waals surface area contributed by atoms with E-state index < -0.39 is 0 Å². The number of ketones is 1. The number of aliphatic hydroxyl groups is 1. The lowest BCUT2D eigenvalue weighted by Gasteiger charge is -2.15. The van der Waals surface area contributed by atoms with Crippen LogP contribution in [0.4, 0.5) is 0 Å². The number of aliphatic hydroxyl groups excluding tert-OH is 1. The number of methoxy groups -OCH3 is 1. The summed E-state index contributed by atoms with van der Waals surface area (Å²) < 4.78 is 5.19. The Bertz CT molecular complexity index is 425. The van der Waals surface area contributed by atoms with Crippen molar-refractivity contribution in [1.29, 1.82) is 0 Å². The van der Waals surface area contributed by atoms with Crippen LogP contribution in [-0.4, -0.2) is 24.6 Å². The van der Waals surface area contributed by atoms with Gasteiger partial charge in [0.1, 0.15) is 11.5 Å². The third-order valence-corrected chi connectivity index (χ3v) is 3.53. The van der Waals surface area contributed by atoms with Crippen molar-refractivity contribution in [2.75, 3.05) is 13.7 Å². The Morgan fingerprint density at radius 1 is 1.59 bits per heavy atom. The van der Waals surface area contributed by atoms with Crippen molar-refractivity contribution < 1.29 is 14.6 Å². The van der Waals surface area contributed by atoms with Gasteiger partial charge in [-0.15, -0.1) is 0 Å². The van der Waals surface area contributed by atoms with E-state index in [1.54, 1.807) is 14.0 Å². The van der Waals surface area contributed by atoms with Crippen LogP contribution in [0.2, 0.25) is 0 Å². The molecule has 0 aromatic heterocycles. The number of ether oxygens (including phenoxy) is 1. The fourth-order valence-electron chi connectivity index (χ4n) is 2.44. The summed E-state index contributed by atoms with van der Waals surface area (Å²) in [5.74, 6) is 0.582. The van der Waals surface area contributed by atoms with Crippen molar-refractivity contribution >= 4 is 5.78 Å². The highest BCUT2D eigenvalue weighted by atomic mass is 16.5. The Kier molecular flexibility index (Phi) is 3.48. The second-order valence-electron chi connectivity index (χ2n) is 4.64. The number of carbonyl (C=O) groups is 1. The van der Waals surface area contributed by atoms with E-state index in [1.807, 2.05) is 18.2 Å². The van der Waals surface area contributed by atoms with Gasteiger partial charge in [-0.1, -0.05) is 13.0 Å². The van der Waals surface area contributed by atoms with Gasteiger partial charge in [0.05, 0.1) is 13.7 Å². The second-order valence-corrected chi connectivity index (χ2v) is 4.64. The Labute approximate surface area is 101 Å². The standard InChI is InChI=1S/C14H18O3/c1-9(8-15)14(16)12-6-4-10-3-5-11(17-2)7-13(10)12/h3,5,7,9,12,15H,4,6,8H2,1-2H3. The van der Waals surface area contributed by atoms with Gasteiger partial charge in [0.25, 0.3) is 0 Å². The van der Waals surface area contributed by atoms with Gasteiger partial charge in [-0.05, 0) is 36.1 Å². The first-order valence-corrected chi connectivity index (χ1v) is 5.98. The maximum absolute atomic E-state index is 12.1. The topological polar surface area (TPSA) is 46.5 Å². The van der Waals surface area contributed by atoms with Crippen molar-refractivity contribution in [3.05, 3.63) is 29.3 Å². The normalized spacial score (nSPS) is 19.8. The van der Waals surface area contributed by atoms with Crippen LogP contribution < -0.4 is 4.74 Å². The number of carbonyl (C=O) groups excluding carboxylic acids is 1. The fourth-order valence-corrected chi connectivity index (χ4v) is 2.44. The van der Waals surface area contributed by atoms with E-state index in [9.17, 15) is 4.79 Å². The molecule has 2 rings (SSSR count). The molecule has 17 heavy (non-hydrogen) atoms. The molecule has 0 spiro atoms. The molecule has 1 aliphatic carbocycles. The molecule has 0 aliphatic heterocycles. The summed E-state index contributed by atoms with van der Waals surface area (Å²) in [7, 11) is 1.63. The molecule has 1 aromatic rings. The molecule has 0 heterocycles. The number of benzene rings is 1. The predicted molar refractivity (Wildman–Crippen MR) is 65.3 cm³/mol. The minimum Gasteiger partial charge on any atom is -0.497 e. The van der Waals surface area contributed by atoms with Crippen LogP contribution in [-0.2, 0) is 11.2 Å². The number of aryl methyl sites for hydroxylation is 1. The van der Waals surface area contributed by atoms with Crippen molar-refractivity contribution in [2.45, 2.75) is 25.7 Å². The number of hydrogen-bond acceptors (Lipinski definition) is 3. The zero-order valence-corrected chi connectivity index (χ0v) is 10.3. The van der Waals surface area contributed by atoms with Crippen LogP contribution in [0.1, 0.15) is 30.4 Å². The summed E-state index contributed by atoms with van der Waals surface area (Å²) in [5.41, 5.74) is 2.31. The number of fused-ring (bicyclic) bond motifs is 1. The SMILES string of the molecule is COc1ccc2c(c1)C(C(=O)C(C)CO)CC2. The summed E-state index contributed by atoms with van der Waals surface area (Å²) in [6, 6.07) is 5.92. The van der Waals surface area contributed by atoms with Gasteiger partial charge in [-0.3, -0.25) is 4.79 Å². The molecule has 2 unspecified atom stereocenters. The lowest BCUT2D eigenvalue weighted by Crippen LogP contribution is -2.21. The molecule has 2 atom stereocenters. The van der Waals surface area contributed by atoms with Crippen molar-refractivity contribution in [1.82, 2.24) is 0 Å². The first-order chi connectivity index (χ1) is 8.17. The van der Waals surface area contributed by atoms with Gasteiger partial charge >= 0.3 is 0 Å². The smallest absolute Gasteiger partial charge is 0.145 e. The van der Waals surface area contributed by atoms with E-state index in [1.165, 1.54) is 5.56 Å². The van der Waals surface area contributed by atoms with E-state index >= 15 is 0 Å². The lowest BCUT2D eigenvalue weighted by molar-refractivity contribution is -0.124. The zero-order chi connectivity index (χ0) is 12.4. The predicted octanol–water partition coefficient (Wildman–Crippen LogP) is 1.92. The third kappa shape index (κ3) is 2.20. The maximum atomic E-state index is 12.1. The van der Waals surface area contributed by atoms with Crippen LogP contribution in [0.5, 0.6) is 5.75 Å². The molecule has 1 aliphatic rings. The summed E-state index contributed by atoms with van der Waals surface area (Å²) in [6.45, 7) is 1.70. The first-order valence-electron chi connectivity index (χ1n) is 5.98. The fraction of sp³-hybridized carbons (Fsp3) is 0.500. The third-order valence-electron chi connectivity index (χ3n) is 3.53. The number of hydrogen-bond donors (Lipinski definition) is 1. The summed E-state index contributed by atoms with van der Waals surface area (Å²) >= 11 is 0. The van der Waals surface area contributed by atoms with Crippen LogP contribution >= 0.6 is 0 Å². The van der Waals surface area contributed by atoms with Gasteiger partial charge in [0.2, 0.25) is 0 Å². The Hall–Kier alpha value is -1.35. The average molecular weight is 234 g/mol.